The fourth-order valence-corrected chi connectivity index (χ4v) is 2.77. The van der Waals surface area contributed by atoms with E-state index in [1.54, 1.807) is 48.8 Å². The summed E-state index contributed by atoms with van der Waals surface area (Å²) in [6.45, 7) is 0. The van der Waals surface area contributed by atoms with Gasteiger partial charge in [-0.25, -0.2) is 0 Å². The number of alkyl halides is 3. The van der Waals surface area contributed by atoms with Crippen molar-refractivity contribution in [2.45, 2.75) is 6.18 Å². The zero-order valence-electron chi connectivity index (χ0n) is 15.0. The Morgan fingerprint density at radius 1 is 0.900 bits per heavy atom. The molecule has 2 aromatic heterocycles. The largest absolute Gasteiger partial charge is 0.457 e. The van der Waals surface area contributed by atoms with E-state index in [0.29, 0.717) is 17.1 Å². The average Bonchev–Trinajstić information content (AvgIpc) is 3.18. The zero-order chi connectivity index (χ0) is 21.1. The van der Waals surface area contributed by atoms with E-state index < -0.39 is 16.8 Å². The Hall–Kier alpha value is -3.59. The van der Waals surface area contributed by atoms with Crippen LogP contribution >= 0.6 is 11.6 Å². The van der Waals surface area contributed by atoms with Gasteiger partial charge in [0.05, 0.1) is 10.6 Å². The summed E-state index contributed by atoms with van der Waals surface area (Å²) in [5, 5.41) is 9.97. The van der Waals surface area contributed by atoms with Crippen molar-refractivity contribution in [1.29, 1.82) is 0 Å². The molecule has 0 amide bonds. The maximum Gasteiger partial charge on any atom is 0.417 e. The van der Waals surface area contributed by atoms with Crippen LogP contribution in [-0.4, -0.2) is 15.2 Å². The first kappa shape index (κ1) is 19.7. The fraction of sp³-hybridized carbons (Fsp3) is 0.0500. The second kappa shape index (κ2) is 8.03. The van der Waals surface area contributed by atoms with Crippen molar-refractivity contribution in [3.05, 3.63) is 77.6 Å². The van der Waals surface area contributed by atoms with Crippen LogP contribution in [0.2, 0.25) is 5.02 Å². The summed E-state index contributed by atoms with van der Waals surface area (Å²) in [5.74, 6) is 1.44. The summed E-state index contributed by atoms with van der Waals surface area (Å²) >= 11 is 5.62. The molecule has 0 saturated heterocycles. The third-order valence-electron chi connectivity index (χ3n) is 3.93. The van der Waals surface area contributed by atoms with Crippen molar-refractivity contribution < 1.29 is 22.3 Å². The standard InChI is InChI=1S/C20H12ClF3N4O2/c21-17-6-3-13(11-16(17)20(22,23)24)26-19-28-27-18(30-19)12-1-4-14(5-2-12)29-15-7-9-25-10-8-15/h1-11H,(H,26,28). The molecule has 0 atom stereocenters. The summed E-state index contributed by atoms with van der Waals surface area (Å²) in [7, 11) is 0. The molecule has 4 aromatic rings. The summed E-state index contributed by atoms with van der Waals surface area (Å²) < 4.78 is 50.1. The highest BCUT2D eigenvalue weighted by Crippen LogP contribution is 2.36. The molecule has 0 radical (unpaired) electrons. The number of aromatic nitrogens is 3. The lowest BCUT2D eigenvalue weighted by atomic mass is 10.2. The molecule has 2 heterocycles. The Morgan fingerprint density at radius 2 is 1.60 bits per heavy atom. The number of rotatable bonds is 5. The Labute approximate surface area is 173 Å². The molecule has 0 fully saturated rings. The highest BCUT2D eigenvalue weighted by molar-refractivity contribution is 6.31. The third-order valence-corrected chi connectivity index (χ3v) is 4.26. The number of nitrogens with one attached hydrogen (secondary N) is 1. The van der Waals surface area contributed by atoms with E-state index in [0.717, 1.165) is 12.1 Å². The van der Waals surface area contributed by atoms with Crippen molar-refractivity contribution in [2.24, 2.45) is 0 Å². The molecule has 0 unspecified atom stereocenters. The van der Waals surface area contributed by atoms with E-state index >= 15 is 0 Å². The van der Waals surface area contributed by atoms with Crippen LogP contribution in [0.3, 0.4) is 0 Å². The molecule has 10 heteroatoms. The van der Waals surface area contributed by atoms with Gasteiger partial charge in [-0.15, -0.1) is 5.10 Å². The molecule has 30 heavy (non-hydrogen) atoms. The molecule has 1 N–H and O–H groups in total. The van der Waals surface area contributed by atoms with E-state index in [2.05, 4.69) is 20.5 Å². The maximum absolute atomic E-state index is 13.0. The van der Waals surface area contributed by atoms with Gasteiger partial charge in [0, 0.05) is 23.6 Å². The Balaban J connectivity index is 1.48. The number of hydrogen-bond donors (Lipinski definition) is 1. The lowest BCUT2D eigenvalue weighted by Gasteiger charge is -2.10. The Morgan fingerprint density at radius 3 is 2.30 bits per heavy atom. The molecular formula is C20H12ClF3N4O2. The van der Waals surface area contributed by atoms with Crippen LogP contribution in [0.4, 0.5) is 24.9 Å². The lowest BCUT2D eigenvalue weighted by Crippen LogP contribution is -2.06. The minimum Gasteiger partial charge on any atom is -0.457 e. The van der Waals surface area contributed by atoms with Gasteiger partial charge in [0.15, 0.2) is 0 Å². The molecule has 0 aliphatic rings. The van der Waals surface area contributed by atoms with Gasteiger partial charge in [0.1, 0.15) is 11.5 Å². The van der Waals surface area contributed by atoms with Crippen LogP contribution in [-0.2, 0) is 6.18 Å². The minimum absolute atomic E-state index is 0.0578. The van der Waals surface area contributed by atoms with E-state index in [4.69, 9.17) is 20.8 Å². The number of halogens is 4. The molecule has 6 nitrogen and oxygen atoms in total. The Bertz CT molecular complexity index is 1150. The number of anilines is 2. The number of pyridine rings is 1. The second-order valence-electron chi connectivity index (χ2n) is 6.04. The average molecular weight is 433 g/mol. The summed E-state index contributed by atoms with van der Waals surface area (Å²) in [4.78, 5) is 3.92. The smallest absolute Gasteiger partial charge is 0.417 e. The predicted octanol–water partition coefficient (Wildman–Crippen LogP) is 6.34. The number of hydrogen-bond acceptors (Lipinski definition) is 6. The van der Waals surface area contributed by atoms with Crippen LogP contribution in [0.25, 0.3) is 11.5 Å². The van der Waals surface area contributed by atoms with E-state index in [1.807, 2.05) is 0 Å². The molecule has 152 valence electrons. The molecule has 0 spiro atoms. The van der Waals surface area contributed by atoms with Crippen molar-refractivity contribution in [3.63, 3.8) is 0 Å². The van der Waals surface area contributed by atoms with Gasteiger partial charge in [-0.2, -0.15) is 13.2 Å². The number of ether oxygens (including phenoxy) is 1. The van der Waals surface area contributed by atoms with Crippen molar-refractivity contribution in [1.82, 2.24) is 15.2 Å². The fourth-order valence-electron chi connectivity index (χ4n) is 2.54. The lowest BCUT2D eigenvalue weighted by molar-refractivity contribution is -0.137. The monoisotopic (exact) mass is 432 g/mol. The van der Waals surface area contributed by atoms with Crippen LogP contribution < -0.4 is 10.1 Å². The molecule has 0 saturated carbocycles. The van der Waals surface area contributed by atoms with Crippen LogP contribution in [0.15, 0.2) is 71.4 Å². The van der Waals surface area contributed by atoms with Crippen LogP contribution in [0.1, 0.15) is 5.56 Å². The first-order valence-electron chi connectivity index (χ1n) is 8.54. The van der Waals surface area contributed by atoms with Gasteiger partial charge >= 0.3 is 12.2 Å². The van der Waals surface area contributed by atoms with Gasteiger partial charge in [0.2, 0.25) is 5.89 Å². The van der Waals surface area contributed by atoms with Crippen molar-refractivity contribution >= 4 is 23.3 Å². The zero-order valence-corrected chi connectivity index (χ0v) is 15.8. The molecule has 0 aliphatic heterocycles. The minimum atomic E-state index is -4.57. The van der Waals surface area contributed by atoms with E-state index in [1.165, 1.54) is 6.07 Å². The van der Waals surface area contributed by atoms with Gasteiger partial charge in [-0.1, -0.05) is 16.7 Å². The van der Waals surface area contributed by atoms with E-state index in [-0.39, 0.29) is 17.6 Å². The molecule has 0 bridgehead atoms. The summed E-state index contributed by atoms with van der Waals surface area (Å²) in [6.07, 6.45) is -1.33. The number of benzene rings is 2. The molecule has 4 rings (SSSR count). The maximum atomic E-state index is 13.0. The van der Waals surface area contributed by atoms with Gasteiger partial charge in [-0.05, 0) is 54.6 Å². The molecule has 0 aliphatic carbocycles. The highest BCUT2D eigenvalue weighted by atomic mass is 35.5. The Kier molecular flexibility index (Phi) is 5.28. The van der Waals surface area contributed by atoms with Gasteiger partial charge < -0.3 is 14.5 Å². The predicted molar refractivity (Wildman–Crippen MR) is 104 cm³/mol. The topological polar surface area (TPSA) is 73.1 Å². The first-order valence-corrected chi connectivity index (χ1v) is 8.92. The quantitative estimate of drug-likeness (QED) is 0.396. The van der Waals surface area contributed by atoms with Crippen LogP contribution in [0.5, 0.6) is 11.5 Å². The number of nitrogens with zero attached hydrogens (tertiary/aromatic N) is 3. The van der Waals surface area contributed by atoms with Gasteiger partial charge in [-0.3, -0.25) is 4.98 Å². The van der Waals surface area contributed by atoms with Crippen molar-refractivity contribution in [2.75, 3.05) is 5.32 Å². The SMILES string of the molecule is FC(F)(F)c1cc(Nc2nnc(-c3ccc(Oc4ccncc4)cc3)o2)ccc1Cl. The summed E-state index contributed by atoms with van der Waals surface area (Å²) in [5.41, 5.74) is -0.230. The van der Waals surface area contributed by atoms with E-state index in [9.17, 15) is 13.2 Å². The second-order valence-corrected chi connectivity index (χ2v) is 6.45. The first-order chi connectivity index (χ1) is 14.4. The molecular weight excluding hydrogens is 421 g/mol. The van der Waals surface area contributed by atoms with Gasteiger partial charge in [0.25, 0.3) is 0 Å². The normalized spacial score (nSPS) is 11.3. The third kappa shape index (κ3) is 4.52. The summed E-state index contributed by atoms with van der Waals surface area (Å²) in [6, 6.07) is 13.7. The highest BCUT2D eigenvalue weighted by Gasteiger charge is 2.33. The van der Waals surface area contributed by atoms with Crippen molar-refractivity contribution in [3.8, 4) is 23.0 Å². The van der Waals surface area contributed by atoms with Crippen LogP contribution in [0, 0.1) is 0 Å². The molecule has 2 aromatic carbocycles.